The van der Waals surface area contributed by atoms with Crippen LogP contribution < -0.4 is 0 Å². The van der Waals surface area contributed by atoms with Crippen molar-refractivity contribution in [3.05, 3.63) is 44.3 Å². The Bertz CT molecular complexity index is 408. The van der Waals surface area contributed by atoms with Gasteiger partial charge in [0.25, 0.3) is 0 Å². The first kappa shape index (κ1) is 14.6. The Hall–Kier alpha value is -0.368. The van der Waals surface area contributed by atoms with Crippen molar-refractivity contribution in [1.82, 2.24) is 15.0 Å². The summed E-state index contributed by atoms with van der Waals surface area (Å²) < 4.78 is 0. The zero-order valence-corrected chi connectivity index (χ0v) is 13.2. The Morgan fingerprint density at radius 1 is 1.27 bits per heavy atom. The Morgan fingerprint density at radius 3 is 2.67 bits per heavy atom. The van der Waals surface area contributed by atoms with E-state index in [0.717, 1.165) is 10.6 Å². The van der Waals surface area contributed by atoms with Gasteiger partial charge in [-0.2, -0.15) is 0 Å². The number of hydrogen-bond acceptors (Lipinski definition) is 4. The Morgan fingerprint density at radius 2 is 2.07 bits per heavy atom. The second kappa shape index (κ2) is 7.00. The molecule has 0 unspecified atom stereocenters. The molecule has 0 fully saturated rings. The molecule has 0 aliphatic carbocycles. The quantitative estimate of drug-likeness (QED) is 0.544. The molecule has 0 aliphatic heterocycles. The van der Waals surface area contributed by atoms with Crippen molar-refractivity contribution >= 4 is 12.6 Å². The topological polar surface area (TPSA) is 38.7 Å². The normalized spacial score (nSPS) is 8.60. The van der Waals surface area contributed by atoms with Gasteiger partial charge in [0.1, 0.15) is 0 Å². The van der Waals surface area contributed by atoms with Crippen LogP contribution in [0.2, 0.25) is 0 Å². The predicted octanol–water partition coefficient (Wildman–Crippen LogP) is 2.08. The molecule has 0 N–H and O–H groups in total. The molecule has 0 amide bonds. The van der Waals surface area contributed by atoms with E-state index in [1.54, 1.807) is 12.4 Å². The third-order valence-electron chi connectivity index (χ3n) is 1.55. The molecule has 2 rings (SSSR count). The Labute approximate surface area is 119 Å². The van der Waals surface area contributed by atoms with E-state index >= 15 is 0 Å². The summed E-state index contributed by atoms with van der Waals surface area (Å²) in [6.45, 7) is 0. The molecule has 0 saturated heterocycles. The maximum Gasteiger partial charge on any atom is 2.00 e. The van der Waals surface area contributed by atoms with Gasteiger partial charge in [-0.25, -0.2) is 0 Å². The largest absolute Gasteiger partial charge is 2.00 e. The number of hydrogen-bond donors (Lipinski definition) is 1. The molecule has 0 aliphatic rings. The molecule has 0 atom stereocenters. The molecule has 15 heavy (non-hydrogen) atoms. The van der Waals surface area contributed by atoms with Crippen molar-refractivity contribution in [2.24, 2.45) is 0 Å². The molecule has 0 bridgehead atoms. The van der Waals surface area contributed by atoms with E-state index in [0.29, 0.717) is 5.69 Å². The maximum absolute atomic E-state index is 4.27. The first-order valence-electron chi connectivity index (χ1n) is 3.70. The fourth-order valence-corrected chi connectivity index (χ4v) is 1.24. The minimum atomic E-state index is 0. The minimum absolute atomic E-state index is 0. The van der Waals surface area contributed by atoms with Gasteiger partial charge in [-0.05, 0) is 18.3 Å². The molecule has 2 aromatic heterocycles. The zero-order valence-electron chi connectivity index (χ0n) is 8.18. The molecule has 5 heteroatoms. The average molecular weight is 441 g/mol. The van der Waals surface area contributed by atoms with Crippen LogP contribution in [0.1, 0.15) is 0 Å². The van der Waals surface area contributed by atoms with Crippen molar-refractivity contribution < 1.29 is 31.1 Å². The van der Waals surface area contributed by atoms with Gasteiger partial charge in [0.15, 0.2) is 0 Å². The molecule has 0 radical (unpaired) electrons. The van der Waals surface area contributed by atoms with Crippen molar-refractivity contribution in [3.63, 3.8) is 0 Å². The number of thiol groups is 1. The summed E-state index contributed by atoms with van der Waals surface area (Å²) in [4.78, 5) is 12.9. The van der Waals surface area contributed by atoms with E-state index in [9.17, 15) is 0 Å². The first-order valence-corrected chi connectivity index (χ1v) is 4.15. The van der Waals surface area contributed by atoms with Crippen LogP contribution in [-0.4, -0.2) is 15.0 Å². The van der Waals surface area contributed by atoms with Gasteiger partial charge in [0.05, 0.1) is 5.69 Å². The number of nitrogens with zero attached hydrogens (tertiary/aromatic N) is 3. The van der Waals surface area contributed by atoms with E-state index in [4.69, 9.17) is 0 Å². The molecule has 2 heterocycles. The molecule has 0 spiro atoms. The van der Waals surface area contributed by atoms with Crippen LogP contribution in [-0.2, 0) is 0 Å². The van der Waals surface area contributed by atoms with E-state index in [1.165, 1.54) is 6.20 Å². The maximum atomic E-state index is 4.27. The summed E-state index contributed by atoms with van der Waals surface area (Å²) >= 11 is 4.27. The fourth-order valence-electron chi connectivity index (χ4n) is 0.980. The standard InChI is InChI=1S/C9H6N3S.CH3.U/c13-8-2-1-3-12-9(8)7-6-10-4-5-11-7;;/h1-3,5-6,13H;1H3;/q2*-1;+2. The van der Waals surface area contributed by atoms with Crippen molar-refractivity contribution in [3.8, 4) is 11.4 Å². The molecule has 3 nitrogen and oxygen atoms in total. The van der Waals surface area contributed by atoms with Crippen LogP contribution in [0, 0.1) is 44.7 Å². The second-order valence-corrected chi connectivity index (χ2v) is 2.88. The van der Waals surface area contributed by atoms with Gasteiger partial charge in [0, 0.05) is 16.8 Å². The van der Waals surface area contributed by atoms with E-state index < -0.39 is 0 Å². The minimum Gasteiger partial charge on any atom is -0.455 e. The van der Waals surface area contributed by atoms with Gasteiger partial charge in [-0.3, -0.25) is 9.97 Å². The molecule has 0 aromatic carbocycles. The van der Waals surface area contributed by atoms with E-state index in [2.05, 4.69) is 33.8 Å². The Kier molecular flexibility index (Phi) is 6.83. The molecular formula is C10H9N3SU. The van der Waals surface area contributed by atoms with E-state index in [1.807, 2.05) is 12.1 Å². The Balaban J connectivity index is 0.000000980. The predicted molar refractivity (Wildman–Crippen MR) is 57.8 cm³/mol. The van der Waals surface area contributed by atoms with Crippen molar-refractivity contribution in [2.45, 2.75) is 4.90 Å². The monoisotopic (exact) mass is 441 g/mol. The summed E-state index contributed by atoms with van der Waals surface area (Å²) in [6.07, 6.45) is 7.43. The van der Waals surface area contributed by atoms with Gasteiger partial charge in [-0.15, -0.1) is 18.8 Å². The van der Waals surface area contributed by atoms with Gasteiger partial charge >= 0.3 is 31.1 Å². The zero-order chi connectivity index (χ0) is 9.10. The molecule has 2 aromatic rings. The summed E-state index contributed by atoms with van der Waals surface area (Å²) in [5.41, 5.74) is 1.46. The molecule has 0 saturated carbocycles. The van der Waals surface area contributed by atoms with Crippen LogP contribution in [0.3, 0.4) is 0 Å². The van der Waals surface area contributed by atoms with Gasteiger partial charge < -0.3 is 12.4 Å². The second-order valence-electron chi connectivity index (χ2n) is 2.40. The number of rotatable bonds is 1. The first-order chi connectivity index (χ1) is 6.38. The van der Waals surface area contributed by atoms with Crippen LogP contribution >= 0.6 is 12.6 Å². The summed E-state index contributed by atoms with van der Waals surface area (Å²) in [6, 6.07) is 3.69. The van der Waals surface area contributed by atoms with Crippen LogP contribution in [0.25, 0.3) is 11.4 Å². The molecular weight excluding hydrogens is 432 g/mol. The average Bonchev–Trinajstić information content (AvgIpc) is 2.20. The van der Waals surface area contributed by atoms with Crippen LogP contribution in [0.5, 0.6) is 0 Å². The van der Waals surface area contributed by atoms with Crippen LogP contribution in [0.4, 0.5) is 0 Å². The number of pyridine rings is 1. The third kappa shape index (κ3) is 3.60. The van der Waals surface area contributed by atoms with Crippen molar-refractivity contribution in [2.75, 3.05) is 0 Å². The number of aromatic nitrogens is 3. The summed E-state index contributed by atoms with van der Waals surface area (Å²) in [5, 5.41) is 0. The molecule has 74 valence electrons. The van der Waals surface area contributed by atoms with Gasteiger partial charge in [-0.1, -0.05) is 6.20 Å². The summed E-state index contributed by atoms with van der Waals surface area (Å²) in [7, 11) is 0. The van der Waals surface area contributed by atoms with Crippen LogP contribution in [0.15, 0.2) is 35.6 Å². The fraction of sp³-hybridized carbons (Fsp3) is 0. The SMILES string of the molecule is Sc1cccnc1-c1cn[c-]cn1.[CH3-].[U+2]. The van der Waals surface area contributed by atoms with Gasteiger partial charge in [0.2, 0.25) is 0 Å². The third-order valence-corrected chi connectivity index (χ3v) is 1.91. The van der Waals surface area contributed by atoms with Crippen molar-refractivity contribution in [1.29, 1.82) is 0 Å². The van der Waals surface area contributed by atoms with E-state index in [-0.39, 0.29) is 38.5 Å². The smallest absolute Gasteiger partial charge is 0.455 e. The summed E-state index contributed by atoms with van der Waals surface area (Å²) in [5.74, 6) is 0.